The van der Waals surface area contributed by atoms with E-state index < -0.39 is 5.82 Å². The summed E-state index contributed by atoms with van der Waals surface area (Å²) < 4.78 is 34.2. The molecule has 1 amide bonds. The van der Waals surface area contributed by atoms with Gasteiger partial charge in [-0.25, -0.2) is 8.78 Å². The second kappa shape index (κ2) is 8.61. The number of pyridine rings is 1. The van der Waals surface area contributed by atoms with Gasteiger partial charge in [0.25, 0.3) is 0 Å². The molecule has 0 fully saturated rings. The number of benzene rings is 2. The van der Waals surface area contributed by atoms with Crippen molar-refractivity contribution in [3.8, 4) is 16.9 Å². The summed E-state index contributed by atoms with van der Waals surface area (Å²) >= 11 is 0. The number of nitrogens with one attached hydrogen (secondary N) is 1. The first kappa shape index (κ1) is 20.0. The van der Waals surface area contributed by atoms with E-state index >= 15 is 0 Å². The molecule has 1 unspecified atom stereocenters. The lowest BCUT2D eigenvalue weighted by atomic mass is 9.99. The number of carbonyl (C=O) groups excluding carboxylic acids is 1. The molecule has 4 nitrogen and oxygen atoms in total. The van der Waals surface area contributed by atoms with Gasteiger partial charge in [0.1, 0.15) is 11.9 Å². The fourth-order valence-corrected chi connectivity index (χ4v) is 3.56. The van der Waals surface area contributed by atoms with Gasteiger partial charge in [-0.15, -0.1) is 0 Å². The summed E-state index contributed by atoms with van der Waals surface area (Å²) in [5.74, 6) is -0.680. The molecule has 0 bridgehead atoms. The summed E-state index contributed by atoms with van der Waals surface area (Å²) in [7, 11) is 0. The Morgan fingerprint density at radius 1 is 1.17 bits per heavy atom. The van der Waals surface area contributed by atoms with Crippen LogP contribution in [0.5, 0.6) is 5.75 Å². The molecule has 1 aliphatic heterocycles. The highest BCUT2D eigenvalue weighted by molar-refractivity contribution is 5.76. The topological polar surface area (TPSA) is 51.2 Å². The Hall–Kier alpha value is -3.28. The molecule has 1 atom stereocenters. The standard InChI is InChI=1S/C24H22F2N2O2/c1-15-4-6-17(11-21(15)25)18-9-19-10-20(30-24(19)22(26)12-18)14-28-23(29)7-5-16-3-2-8-27-13-16/h2-4,6,8-9,11-13,20H,5,7,10,14H2,1H3,(H,28,29). The normalized spacial score (nSPS) is 14.8. The van der Waals surface area contributed by atoms with E-state index in [1.54, 1.807) is 31.5 Å². The summed E-state index contributed by atoms with van der Waals surface area (Å²) in [6.07, 6.45) is 4.54. The van der Waals surface area contributed by atoms with Gasteiger partial charge in [-0.1, -0.05) is 18.2 Å². The average molecular weight is 408 g/mol. The molecule has 3 aromatic rings. The lowest BCUT2D eigenvalue weighted by Gasteiger charge is -2.12. The van der Waals surface area contributed by atoms with Crippen molar-refractivity contribution in [2.75, 3.05) is 6.54 Å². The number of hydrogen-bond acceptors (Lipinski definition) is 3. The molecular formula is C24H22F2N2O2. The van der Waals surface area contributed by atoms with Crippen LogP contribution in [-0.4, -0.2) is 23.5 Å². The van der Waals surface area contributed by atoms with Crippen molar-refractivity contribution in [1.82, 2.24) is 10.3 Å². The van der Waals surface area contributed by atoms with Gasteiger partial charge in [-0.2, -0.15) is 0 Å². The predicted octanol–water partition coefficient (Wildman–Crippen LogP) is 4.39. The van der Waals surface area contributed by atoms with Crippen LogP contribution < -0.4 is 10.1 Å². The molecule has 0 aliphatic carbocycles. The van der Waals surface area contributed by atoms with Gasteiger partial charge in [0.2, 0.25) is 5.91 Å². The monoisotopic (exact) mass is 408 g/mol. The van der Waals surface area contributed by atoms with Crippen LogP contribution in [0.2, 0.25) is 0 Å². The molecule has 0 saturated carbocycles. The maximum Gasteiger partial charge on any atom is 0.220 e. The predicted molar refractivity (Wildman–Crippen MR) is 110 cm³/mol. The Kier molecular flexibility index (Phi) is 5.74. The summed E-state index contributed by atoms with van der Waals surface area (Å²) in [4.78, 5) is 16.1. The summed E-state index contributed by atoms with van der Waals surface area (Å²) in [6.45, 7) is 1.99. The lowest BCUT2D eigenvalue weighted by molar-refractivity contribution is -0.121. The third kappa shape index (κ3) is 4.48. The van der Waals surface area contributed by atoms with Crippen LogP contribution in [0.25, 0.3) is 11.1 Å². The first-order valence-electron chi connectivity index (χ1n) is 9.91. The van der Waals surface area contributed by atoms with Crippen molar-refractivity contribution in [3.05, 3.63) is 83.2 Å². The first-order valence-corrected chi connectivity index (χ1v) is 9.91. The highest BCUT2D eigenvalue weighted by Crippen LogP contribution is 2.36. The largest absolute Gasteiger partial charge is 0.485 e. The van der Waals surface area contributed by atoms with Gasteiger partial charge in [0.05, 0.1) is 6.54 Å². The number of halogens is 2. The zero-order valence-corrected chi connectivity index (χ0v) is 16.6. The second-order valence-corrected chi connectivity index (χ2v) is 7.52. The Morgan fingerprint density at radius 3 is 2.77 bits per heavy atom. The first-order chi connectivity index (χ1) is 14.5. The number of aryl methyl sites for hydroxylation is 2. The van der Waals surface area contributed by atoms with E-state index in [-0.39, 0.29) is 23.6 Å². The van der Waals surface area contributed by atoms with Crippen molar-refractivity contribution in [2.24, 2.45) is 0 Å². The zero-order chi connectivity index (χ0) is 21.1. The lowest BCUT2D eigenvalue weighted by Crippen LogP contribution is -2.34. The van der Waals surface area contributed by atoms with Gasteiger partial charge < -0.3 is 10.1 Å². The molecule has 1 aliphatic rings. The SMILES string of the molecule is Cc1ccc(-c2cc(F)c3c(c2)CC(CNC(=O)CCc2cccnc2)O3)cc1F. The smallest absolute Gasteiger partial charge is 0.220 e. The minimum atomic E-state index is -0.478. The van der Waals surface area contributed by atoms with Crippen molar-refractivity contribution in [2.45, 2.75) is 32.3 Å². The van der Waals surface area contributed by atoms with Crippen LogP contribution in [0, 0.1) is 18.6 Å². The number of nitrogens with zero attached hydrogens (tertiary/aromatic N) is 1. The number of carbonyl (C=O) groups is 1. The van der Waals surface area contributed by atoms with Gasteiger partial charge >= 0.3 is 0 Å². The quantitative estimate of drug-likeness (QED) is 0.658. The fourth-order valence-electron chi connectivity index (χ4n) is 3.56. The Bertz CT molecular complexity index is 1070. The minimum Gasteiger partial charge on any atom is -0.485 e. The van der Waals surface area contributed by atoms with Gasteiger partial charge in [-0.05, 0) is 59.9 Å². The van der Waals surface area contributed by atoms with Gasteiger partial charge in [0, 0.05) is 30.8 Å². The van der Waals surface area contributed by atoms with Crippen molar-refractivity contribution >= 4 is 5.91 Å². The van der Waals surface area contributed by atoms with E-state index in [9.17, 15) is 13.6 Å². The number of aromatic nitrogens is 1. The molecule has 6 heteroatoms. The maximum atomic E-state index is 14.6. The van der Waals surface area contributed by atoms with Gasteiger partial charge in [-0.3, -0.25) is 9.78 Å². The average Bonchev–Trinajstić information content (AvgIpc) is 3.17. The molecule has 0 radical (unpaired) electrons. The summed E-state index contributed by atoms with van der Waals surface area (Å²) in [5.41, 5.74) is 3.49. The Morgan fingerprint density at radius 2 is 2.00 bits per heavy atom. The molecule has 0 spiro atoms. The van der Waals surface area contributed by atoms with Crippen LogP contribution in [0.15, 0.2) is 54.9 Å². The number of rotatable bonds is 6. The summed E-state index contributed by atoms with van der Waals surface area (Å²) in [6, 6.07) is 11.8. The molecule has 2 heterocycles. The molecule has 4 rings (SSSR count). The third-order valence-corrected chi connectivity index (χ3v) is 5.25. The fraction of sp³-hybridized carbons (Fsp3) is 0.250. The van der Waals surface area contributed by atoms with Crippen molar-refractivity contribution in [1.29, 1.82) is 0 Å². The van der Waals surface area contributed by atoms with E-state index in [1.165, 1.54) is 12.1 Å². The molecule has 1 N–H and O–H groups in total. The number of amides is 1. The van der Waals surface area contributed by atoms with Crippen LogP contribution in [-0.2, 0) is 17.6 Å². The maximum absolute atomic E-state index is 14.6. The van der Waals surface area contributed by atoms with E-state index in [2.05, 4.69) is 10.3 Å². The third-order valence-electron chi connectivity index (χ3n) is 5.25. The molecule has 1 aromatic heterocycles. The number of hydrogen-bond donors (Lipinski definition) is 1. The Balaban J connectivity index is 1.36. The zero-order valence-electron chi connectivity index (χ0n) is 16.6. The highest BCUT2D eigenvalue weighted by Gasteiger charge is 2.27. The molecule has 30 heavy (non-hydrogen) atoms. The van der Waals surface area contributed by atoms with E-state index in [0.29, 0.717) is 42.5 Å². The second-order valence-electron chi connectivity index (χ2n) is 7.52. The van der Waals surface area contributed by atoms with Crippen LogP contribution in [0.3, 0.4) is 0 Å². The van der Waals surface area contributed by atoms with Crippen LogP contribution in [0.1, 0.15) is 23.1 Å². The van der Waals surface area contributed by atoms with Crippen LogP contribution in [0.4, 0.5) is 8.78 Å². The van der Waals surface area contributed by atoms with Crippen molar-refractivity contribution < 1.29 is 18.3 Å². The molecule has 2 aromatic carbocycles. The van der Waals surface area contributed by atoms with Crippen molar-refractivity contribution in [3.63, 3.8) is 0 Å². The van der Waals surface area contributed by atoms with E-state index in [0.717, 1.165) is 11.1 Å². The molecule has 154 valence electrons. The van der Waals surface area contributed by atoms with Crippen LogP contribution >= 0.6 is 0 Å². The van der Waals surface area contributed by atoms with Gasteiger partial charge in [0.15, 0.2) is 11.6 Å². The highest BCUT2D eigenvalue weighted by atomic mass is 19.1. The molecular weight excluding hydrogens is 386 g/mol. The Labute approximate surface area is 173 Å². The molecule has 0 saturated heterocycles. The summed E-state index contributed by atoms with van der Waals surface area (Å²) in [5, 5.41) is 2.85. The van der Waals surface area contributed by atoms with E-state index in [4.69, 9.17) is 4.74 Å². The van der Waals surface area contributed by atoms with E-state index in [1.807, 2.05) is 18.2 Å². The number of ether oxygens (including phenoxy) is 1. The minimum absolute atomic E-state index is 0.0882. The number of fused-ring (bicyclic) bond motifs is 1.